The standard InChI is InChI=1S/C5H8ClNO2S/c1-4(2)5(3-7)9-10(6)8/h4-5H,1-2H3. The molecule has 0 N–H and O–H groups in total. The second-order valence-electron chi connectivity index (χ2n) is 2.08. The zero-order valence-electron chi connectivity index (χ0n) is 5.70. The third-order valence-corrected chi connectivity index (χ3v) is 1.49. The molecule has 0 saturated heterocycles. The lowest BCUT2D eigenvalue weighted by Crippen LogP contribution is -2.16. The molecule has 0 aromatic heterocycles. The lowest BCUT2D eigenvalue weighted by molar-refractivity contribution is 0.232. The Kier molecular flexibility index (Phi) is 4.62. The van der Waals surface area contributed by atoms with E-state index in [1.165, 1.54) is 0 Å². The number of hydrogen-bond acceptors (Lipinski definition) is 3. The maximum atomic E-state index is 10.2. The Balaban J connectivity index is 3.87. The maximum Gasteiger partial charge on any atom is 0.257 e. The second-order valence-corrected chi connectivity index (χ2v) is 3.42. The smallest absolute Gasteiger partial charge is 0.257 e. The van der Waals surface area contributed by atoms with Crippen molar-refractivity contribution in [2.24, 2.45) is 5.92 Å². The van der Waals surface area contributed by atoms with Crippen molar-refractivity contribution in [1.82, 2.24) is 0 Å². The predicted octanol–water partition coefficient (Wildman–Crippen LogP) is 1.37. The van der Waals surface area contributed by atoms with Crippen LogP contribution in [0.25, 0.3) is 0 Å². The average Bonchev–Trinajstić information content (AvgIpc) is 1.81. The Morgan fingerprint density at radius 1 is 1.70 bits per heavy atom. The fourth-order valence-corrected chi connectivity index (χ4v) is 1.03. The maximum absolute atomic E-state index is 10.2. The van der Waals surface area contributed by atoms with E-state index in [1.54, 1.807) is 13.8 Å². The van der Waals surface area contributed by atoms with Gasteiger partial charge in [0, 0.05) is 10.7 Å². The molecule has 0 heterocycles. The SMILES string of the molecule is CC(C)C(C#N)OS(=O)Cl. The number of hydrogen-bond donors (Lipinski definition) is 0. The van der Waals surface area contributed by atoms with E-state index in [9.17, 15) is 4.21 Å². The number of rotatable bonds is 3. The van der Waals surface area contributed by atoms with E-state index < -0.39 is 16.4 Å². The van der Waals surface area contributed by atoms with E-state index in [0.717, 1.165) is 0 Å². The summed E-state index contributed by atoms with van der Waals surface area (Å²) in [5, 5.41) is 8.38. The molecular weight excluding hydrogens is 174 g/mol. The topological polar surface area (TPSA) is 50.1 Å². The van der Waals surface area contributed by atoms with E-state index >= 15 is 0 Å². The van der Waals surface area contributed by atoms with E-state index in [-0.39, 0.29) is 5.92 Å². The molecule has 0 aliphatic rings. The van der Waals surface area contributed by atoms with Gasteiger partial charge in [0.2, 0.25) is 0 Å². The van der Waals surface area contributed by atoms with Crippen LogP contribution in [0.15, 0.2) is 0 Å². The van der Waals surface area contributed by atoms with Gasteiger partial charge in [-0.1, -0.05) is 13.8 Å². The predicted molar refractivity (Wildman–Crippen MR) is 39.3 cm³/mol. The van der Waals surface area contributed by atoms with Gasteiger partial charge in [0.1, 0.15) is 0 Å². The van der Waals surface area contributed by atoms with Crippen molar-refractivity contribution < 1.29 is 8.39 Å². The molecule has 0 aliphatic heterocycles. The summed E-state index contributed by atoms with van der Waals surface area (Å²) in [6, 6.07) is 1.83. The molecule has 0 fully saturated rings. The lowest BCUT2D eigenvalue weighted by atomic mass is 10.1. The van der Waals surface area contributed by atoms with Crippen LogP contribution < -0.4 is 0 Å². The van der Waals surface area contributed by atoms with Crippen molar-refractivity contribution in [3.63, 3.8) is 0 Å². The normalized spacial score (nSPS) is 16.3. The van der Waals surface area contributed by atoms with Crippen molar-refractivity contribution in [2.75, 3.05) is 0 Å². The van der Waals surface area contributed by atoms with Gasteiger partial charge >= 0.3 is 0 Å². The minimum absolute atomic E-state index is 0.00713. The molecule has 2 unspecified atom stereocenters. The van der Waals surface area contributed by atoms with Crippen molar-refractivity contribution >= 4 is 21.0 Å². The summed E-state index contributed by atoms with van der Waals surface area (Å²) in [7, 11) is 3.13. The molecule has 5 heteroatoms. The quantitative estimate of drug-likeness (QED) is 0.618. The van der Waals surface area contributed by atoms with Crippen molar-refractivity contribution in [2.45, 2.75) is 20.0 Å². The summed E-state index contributed by atoms with van der Waals surface area (Å²) in [6.45, 7) is 3.58. The van der Waals surface area contributed by atoms with Crippen LogP contribution in [-0.4, -0.2) is 10.3 Å². The molecular formula is C5H8ClNO2S. The van der Waals surface area contributed by atoms with Crippen LogP contribution in [0.2, 0.25) is 0 Å². The third-order valence-electron chi connectivity index (χ3n) is 0.912. The summed E-state index contributed by atoms with van der Waals surface area (Å²) in [5.41, 5.74) is 0. The lowest BCUT2D eigenvalue weighted by Gasteiger charge is -2.08. The Morgan fingerprint density at radius 2 is 2.20 bits per heavy atom. The molecule has 58 valence electrons. The zero-order chi connectivity index (χ0) is 8.15. The van der Waals surface area contributed by atoms with Crippen LogP contribution in [0.5, 0.6) is 0 Å². The van der Waals surface area contributed by atoms with Crippen LogP contribution in [0.3, 0.4) is 0 Å². The van der Waals surface area contributed by atoms with Crippen molar-refractivity contribution in [3.8, 4) is 6.07 Å². The minimum Gasteiger partial charge on any atom is -0.259 e. The summed E-state index contributed by atoms with van der Waals surface area (Å²) in [6.07, 6.45) is -0.682. The Morgan fingerprint density at radius 3 is 2.30 bits per heavy atom. The van der Waals surface area contributed by atoms with Gasteiger partial charge < -0.3 is 0 Å². The fraction of sp³-hybridized carbons (Fsp3) is 0.800. The molecule has 10 heavy (non-hydrogen) atoms. The monoisotopic (exact) mass is 181 g/mol. The van der Waals surface area contributed by atoms with Crippen LogP contribution >= 0.6 is 10.7 Å². The molecule has 0 spiro atoms. The van der Waals surface area contributed by atoms with Gasteiger partial charge in [-0.3, -0.25) is 4.18 Å². The van der Waals surface area contributed by atoms with Crippen molar-refractivity contribution in [3.05, 3.63) is 0 Å². The number of nitriles is 1. The first-order chi connectivity index (χ1) is 4.57. The summed E-state index contributed by atoms with van der Waals surface area (Å²) >= 11 is 0. The van der Waals surface area contributed by atoms with Crippen LogP contribution in [0.1, 0.15) is 13.8 Å². The van der Waals surface area contributed by atoms with Gasteiger partial charge in [-0.05, 0) is 5.92 Å². The Hall–Kier alpha value is -0.110. The van der Waals surface area contributed by atoms with Gasteiger partial charge in [0.05, 0.1) is 6.07 Å². The van der Waals surface area contributed by atoms with Crippen LogP contribution in [0.4, 0.5) is 0 Å². The highest BCUT2D eigenvalue weighted by Gasteiger charge is 2.14. The van der Waals surface area contributed by atoms with Gasteiger partial charge in [0.15, 0.2) is 6.10 Å². The highest BCUT2D eigenvalue weighted by atomic mass is 35.7. The first-order valence-corrected chi connectivity index (χ1v) is 4.62. The summed E-state index contributed by atoms with van der Waals surface area (Å²) in [4.78, 5) is 0. The molecule has 0 aliphatic carbocycles. The van der Waals surface area contributed by atoms with Gasteiger partial charge in [-0.25, -0.2) is 4.21 Å². The first kappa shape index (κ1) is 9.89. The molecule has 0 bridgehead atoms. The Labute approximate surface area is 67.1 Å². The minimum atomic E-state index is -1.87. The van der Waals surface area contributed by atoms with Crippen LogP contribution in [-0.2, 0) is 14.5 Å². The number of nitrogens with zero attached hydrogens (tertiary/aromatic N) is 1. The molecule has 0 amide bonds. The third kappa shape index (κ3) is 3.83. The van der Waals surface area contributed by atoms with E-state index in [1.807, 2.05) is 6.07 Å². The highest BCUT2D eigenvalue weighted by Crippen LogP contribution is 2.08. The average molecular weight is 182 g/mol. The molecule has 0 radical (unpaired) electrons. The van der Waals surface area contributed by atoms with Gasteiger partial charge in [0.25, 0.3) is 10.3 Å². The van der Waals surface area contributed by atoms with E-state index in [4.69, 9.17) is 15.9 Å². The molecule has 0 rings (SSSR count). The molecule has 0 aromatic carbocycles. The summed E-state index contributed by atoms with van der Waals surface area (Å²) in [5.74, 6) is 0.00713. The zero-order valence-corrected chi connectivity index (χ0v) is 7.28. The molecule has 0 saturated carbocycles. The molecule has 0 aromatic rings. The van der Waals surface area contributed by atoms with Gasteiger partial charge in [-0.2, -0.15) is 5.26 Å². The fourth-order valence-electron chi connectivity index (χ4n) is 0.363. The molecule has 2 atom stereocenters. The van der Waals surface area contributed by atoms with Crippen molar-refractivity contribution in [1.29, 1.82) is 5.26 Å². The highest BCUT2D eigenvalue weighted by molar-refractivity contribution is 8.04. The second kappa shape index (κ2) is 4.67. The molecule has 3 nitrogen and oxygen atoms in total. The Bertz CT molecular complexity index is 166. The van der Waals surface area contributed by atoms with E-state index in [2.05, 4.69) is 4.18 Å². The van der Waals surface area contributed by atoms with Crippen LogP contribution in [0, 0.1) is 17.2 Å². The largest absolute Gasteiger partial charge is 0.259 e. The van der Waals surface area contributed by atoms with Gasteiger partial charge in [-0.15, -0.1) is 0 Å². The first-order valence-electron chi connectivity index (χ1n) is 2.72. The summed E-state index contributed by atoms with van der Waals surface area (Å²) < 4.78 is 14.8. The number of halogens is 1. The van der Waals surface area contributed by atoms with E-state index in [0.29, 0.717) is 0 Å².